The lowest BCUT2D eigenvalue weighted by atomic mass is 9.81. The summed E-state index contributed by atoms with van der Waals surface area (Å²) in [5.41, 5.74) is -0.464. The van der Waals surface area contributed by atoms with Gasteiger partial charge in [-0.2, -0.15) is 0 Å². The van der Waals surface area contributed by atoms with Crippen LogP contribution in [0.1, 0.15) is 40.5 Å². The van der Waals surface area contributed by atoms with Gasteiger partial charge in [-0.25, -0.2) is 4.79 Å². The number of urea groups is 1. The molecule has 0 saturated carbocycles. The smallest absolute Gasteiger partial charge is 0.323 e. The average Bonchev–Trinajstić information content (AvgIpc) is 2.54. The lowest BCUT2D eigenvalue weighted by Gasteiger charge is -2.44. The van der Waals surface area contributed by atoms with E-state index < -0.39 is 5.54 Å². The van der Waals surface area contributed by atoms with E-state index in [-0.39, 0.29) is 12.1 Å². The van der Waals surface area contributed by atoms with Gasteiger partial charge in [0.1, 0.15) is 11.4 Å². The summed E-state index contributed by atoms with van der Waals surface area (Å²) in [6, 6.07) is -0.122. The van der Waals surface area contributed by atoms with Crippen LogP contribution in [0.25, 0.3) is 0 Å². The fourth-order valence-electron chi connectivity index (χ4n) is 3.02. The van der Waals surface area contributed by atoms with E-state index in [0.717, 1.165) is 12.8 Å². The first kappa shape index (κ1) is 14.3. The van der Waals surface area contributed by atoms with Gasteiger partial charge in [0.15, 0.2) is 0 Å². The van der Waals surface area contributed by atoms with Crippen molar-refractivity contribution in [2.24, 2.45) is 11.8 Å². The van der Waals surface area contributed by atoms with Crippen LogP contribution in [0.2, 0.25) is 0 Å². The Labute approximate surface area is 115 Å². The Balaban J connectivity index is 2.26. The van der Waals surface area contributed by atoms with Crippen molar-refractivity contribution in [1.29, 1.82) is 5.41 Å². The van der Waals surface area contributed by atoms with E-state index in [2.05, 4.69) is 33.0 Å². The van der Waals surface area contributed by atoms with Crippen LogP contribution in [-0.4, -0.2) is 41.6 Å². The predicted octanol–water partition coefficient (Wildman–Crippen LogP) is 2.22. The molecule has 108 valence electrons. The summed E-state index contributed by atoms with van der Waals surface area (Å²) in [6.45, 7) is 9.77. The van der Waals surface area contributed by atoms with Crippen LogP contribution < -0.4 is 5.32 Å². The van der Waals surface area contributed by atoms with E-state index in [1.165, 1.54) is 0 Å². The second kappa shape index (κ2) is 5.12. The molecule has 0 aliphatic carbocycles. The third-order valence-electron chi connectivity index (χ3n) is 4.14. The van der Waals surface area contributed by atoms with Gasteiger partial charge in [-0.15, -0.1) is 0 Å². The lowest BCUT2D eigenvalue weighted by Crippen LogP contribution is -2.56. The molecule has 5 heteroatoms. The zero-order chi connectivity index (χ0) is 14.2. The molecular formula is C14H25N3O2. The number of amidine groups is 1. The van der Waals surface area contributed by atoms with Gasteiger partial charge in [0.2, 0.25) is 0 Å². The molecule has 0 aromatic carbocycles. The van der Waals surface area contributed by atoms with E-state index in [9.17, 15) is 4.79 Å². The quantitative estimate of drug-likeness (QED) is 0.823. The first-order valence-corrected chi connectivity index (χ1v) is 7.16. The molecule has 5 nitrogen and oxygen atoms in total. The van der Waals surface area contributed by atoms with Gasteiger partial charge in [0, 0.05) is 26.0 Å². The number of hydrogen-bond donors (Lipinski definition) is 2. The van der Waals surface area contributed by atoms with Gasteiger partial charge in [0.05, 0.1) is 6.10 Å². The first-order valence-electron chi connectivity index (χ1n) is 7.16. The molecule has 2 fully saturated rings. The van der Waals surface area contributed by atoms with Crippen molar-refractivity contribution >= 4 is 11.9 Å². The van der Waals surface area contributed by atoms with E-state index in [1.54, 1.807) is 0 Å². The number of hydrogen-bond acceptors (Lipinski definition) is 3. The first-order chi connectivity index (χ1) is 8.86. The normalized spacial score (nSPS) is 31.7. The summed E-state index contributed by atoms with van der Waals surface area (Å²) in [5.74, 6) is 1.16. The lowest BCUT2D eigenvalue weighted by molar-refractivity contribution is -0.0551. The Kier molecular flexibility index (Phi) is 3.85. The zero-order valence-electron chi connectivity index (χ0n) is 12.3. The summed E-state index contributed by atoms with van der Waals surface area (Å²) < 4.78 is 5.80. The number of carbonyl (C=O) groups excluding carboxylic acids is 1. The van der Waals surface area contributed by atoms with E-state index in [0.29, 0.717) is 30.8 Å². The predicted molar refractivity (Wildman–Crippen MR) is 74.3 cm³/mol. The van der Waals surface area contributed by atoms with E-state index in [1.807, 2.05) is 4.90 Å². The van der Waals surface area contributed by atoms with Crippen molar-refractivity contribution < 1.29 is 9.53 Å². The molecule has 2 rings (SSSR count). The van der Waals surface area contributed by atoms with Crippen LogP contribution in [0.4, 0.5) is 4.79 Å². The molecule has 0 aromatic heterocycles. The number of carbonyl (C=O) groups is 1. The molecule has 2 saturated heterocycles. The maximum Gasteiger partial charge on any atom is 0.323 e. The Morgan fingerprint density at radius 1 is 1.47 bits per heavy atom. The molecule has 2 N–H and O–H groups in total. The number of amides is 2. The summed E-state index contributed by atoms with van der Waals surface area (Å²) in [6.07, 6.45) is 1.58. The molecule has 2 aliphatic heterocycles. The minimum absolute atomic E-state index is 0.122. The van der Waals surface area contributed by atoms with Crippen LogP contribution in [0.3, 0.4) is 0 Å². The Morgan fingerprint density at radius 2 is 2.16 bits per heavy atom. The highest BCUT2D eigenvalue weighted by atomic mass is 16.5. The SMILES string of the molecule is CC(C)CN1C(=O)NC(=N)C12CCOC(C(C)C)C2. The average molecular weight is 267 g/mol. The minimum Gasteiger partial charge on any atom is -0.378 e. The van der Waals surface area contributed by atoms with Gasteiger partial charge in [-0.1, -0.05) is 27.7 Å². The minimum atomic E-state index is -0.464. The molecule has 2 aliphatic rings. The summed E-state index contributed by atoms with van der Waals surface area (Å²) >= 11 is 0. The van der Waals surface area contributed by atoms with Crippen LogP contribution in [0, 0.1) is 17.2 Å². The molecular weight excluding hydrogens is 242 g/mol. The van der Waals surface area contributed by atoms with Gasteiger partial charge in [0.25, 0.3) is 0 Å². The molecule has 2 amide bonds. The second-order valence-electron chi connectivity index (χ2n) is 6.45. The van der Waals surface area contributed by atoms with E-state index in [4.69, 9.17) is 10.1 Å². The summed E-state index contributed by atoms with van der Waals surface area (Å²) in [7, 11) is 0. The maximum absolute atomic E-state index is 12.1. The highest BCUT2D eigenvalue weighted by molar-refractivity contribution is 6.08. The fourth-order valence-corrected chi connectivity index (χ4v) is 3.02. The zero-order valence-corrected chi connectivity index (χ0v) is 12.3. The van der Waals surface area contributed by atoms with Crippen LogP contribution in [-0.2, 0) is 4.74 Å². The summed E-state index contributed by atoms with van der Waals surface area (Å²) in [5, 5.41) is 10.9. The van der Waals surface area contributed by atoms with Crippen LogP contribution in [0.5, 0.6) is 0 Å². The van der Waals surface area contributed by atoms with Gasteiger partial charge in [-0.3, -0.25) is 10.7 Å². The van der Waals surface area contributed by atoms with Crippen molar-refractivity contribution in [3.63, 3.8) is 0 Å². The van der Waals surface area contributed by atoms with Gasteiger partial charge in [-0.05, 0) is 11.8 Å². The van der Waals surface area contributed by atoms with Gasteiger partial charge < -0.3 is 9.64 Å². The Hall–Kier alpha value is -1.10. The van der Waals surface area contributed by atoms with Crippen molar-refractivity contribution in [3.05, 3.63) is 0 Å². The molecule has 2 unspecified atom stereocenters. The third-order valence-corrected chi connectivity index (χ3v) is 4.14. The van der Waals surface area contributed by atoms with Crippen molar-refractivity contribution in [1.82, 2.24) is 10.2 Å². The van der Waals surface area contributed by atoms with Crippen molar-refractivity contribution in [2.45, 2.75) is 52.2 Å². The maximum atomic E-state index is 12.1. The summed E-state index contributed by atoms with van der Waals surface area (Å²) in [4.78, 5) is 14.0. The molecule has 0 bridgehead atoms. The Morgan fingerprint density at radius 3 is 2.74 bits per heavy atom. The van der Waals surface area contributed by atoms with Crippen molar-refractivity contribution in [2.75, 3.05) is 13.2 Å². The van der Waals surface area contributed by atoms with Gasteiger partial charge >= 0.3 is 6.03 Å². The Bertz CT molecular complexity index is 381. The largest absolute Gasteiger partial charge is 0.378 e. The fraction of sp³-hybridized carbons (Fsp3) is 0.857. The molecule has 2 atom stereocenters. The molecule has 2 heterocycles. The molecule has 0 radical (unpaired) electrons. The topological polar surface area (TPSA) is 65.4 Å². The third kappa shape index (κ3) is 2.48. The second-order valence-corrected chi connectivity index (χ2v) is 6.45. The van der Waals surface area contributed by atoms with E-state index >= 15 is 0 Å². The highest BCUT2D eigenvalue weighted by Crippen LogP contribution is 2.37. The number of nitrogens with zero attached hydrogens (tertiary/aromatic N) is 1. The van der Waals surface area contributed by atoms with Crippen molar-refractivity contribution in [3.8, 4) is 0 Å². The highest BCUT2D eigenvalue weighted by Gasteiger charge is 2.53. The number of ether oxygens (including phenoxy) is 1. The molecule has 19 heavy (non-hydrogen) atoms. The molecule has 0 aromatic rings. The standard InChI is InChI=1S/C14H25N3O2/c1-9(2)8-17-13(18)16-12(15)14(17)5-6-19-11(7-14)10(3)4/h9-11H,5-8H2,1-4H3,(H2,15,16,18). The number of nitrogens with one attached hydrogen (secondary N) is 2. The number of rotatable bonds is 3. The monoisotopic (exact) mass is 267 g/mol. The van der Waals surface area contributed by atoms with Crippen LogP contribution >= 0.6 is 0 Å². The molecule has 1 spiro atoms. The van der Waals surface area contributed by atoms with Crippen LogP contribution in [0.15, 0.2) is 0 Å².